The minimum atomic E-state index is -3.83. The predicted octanol–water partition coefficient (Wildman–Crippen LogP) is 2.59. The zero-order chi connectivity index (χ0) is 18.9. The highest BCUT2D eigenvalue weighted by atomic mass is 32.2. The molecule has 0 spiro atoms. The fourth-order valence-corrected chi connectivity index (χ4v) is 3.89. The van der Waals surface area contributed by atoms with Gasteiger partial charge in [0.15, 0.2) is 0 Å². The van der Waals surface area contributed by atoms with E-state index in [9.17, 15) is 13.2 Å². The van der Waals surface area contributed by atoms with E-state index < -0.39 is 10.0 Å². The van der Waals surface area contributed by atoms with Gasteiger partial charge in [0.1, 0.15) is 5.75 Å². The number of nitrogens with one attached hydrogen (secondary N) is 2. The number of methoxy groups -OCH3 is 1. The minimum Gasteiger partial charge on any atom is -0.496 e. The summed E-state index contributed by atoms with van der Waals surface area (Å²) in [5.74, 6) is 0.610. The third-order valence-electron chi connectivity index (χ3n) is 4.03. The molecule has 0 unspecified atom stereocenters. The summed E-state index contributed by atoms with van der Waals surface area (Å²) in [6, 6.07) is 11.4. The molecule has 3 aromatic rings. The Bertz CT molecular complexity index is 1110. The van der Waals surface area contributed by atoms with Crippen molar-refractivity contribution >= 4 is 15.7 Å². The van der Waals surface area contributed by atoms with Crippen LogP contribution in [-0.4, -0.2) is 25.1 Å². The molecular weight excluding hydrogens is 354 g/mol. The lowest BCUT2D eigenvalue weighted by molar-refractivity contribution is 0.411. The molecule has 0 fully saturated rings. The summed E-state index contributed by atoms with van der Waals surface area (Å²) in [5, 5.41) is 0. The maximum Gasteiger partial charge on any atom is 0.330 e. The van der Waals surface area contributed by atoms with Crippen LogP contribution in [0.2, 0.25) is 0 Å². The third kappa shape index (κ3) is 3.23. The van der Waals surface area contributed by atoms with Crippen LogP contribution in [0.3, 0.4) is 0 Å². The quantitative estimate of drug-likeness (QED) is 0.719. The van der Waals surface area contributed by atoms with Crippen molar-refractivity contribution in [3.63, 3.8) is 0 Å². The molecular formula is C18H19N3O4S. The molecule has 26 heavy (non-hydrogen) atoms. The summed E-state index contributed by atoms with van der Waals surface area (Å²) >= 11 is 0. The summed E-state index contributed by atoms with van der Waals surface area (Å²) < 4.78 is 34.7. The summed E-state index contributed by atoms with van der Waals surface area (Å²) in [7, 11) is -2.30. The van der Waals surface area contributed by atoms with Crippen molar-refractivity contribution in [1.82, 2.24) is 9.55 Å². The second-order valence-electron chi connectivity index (χ2n) is 5.82. The van der Waals surface area contributed by atoms with Gasteiger partial charge in [0.05, 0.1) is 23.4 Å². The van der Waals surface area contributed by atoms with Crippen LogP contribution in [-0.2, 0) is 10.0 Å². The van der Waals surface area contributed by atoms with Crippen LogP contribution in [0.15, 0.2) is 58.4 Å². The van der Waals surface area contributed by atoms with Gasteiger partial charge in [-0.1, -0.05) is 12.1 Å². The number of imidazole rings is 1. The fraction of sp³-hybridized carbons (Fsp3) is 0.167. The Morgan fingerprint density at radius 1 is 1.12 bits per heavy atom. The number of ether oxygens (including phenoxy) is 1. The SMILES string of the molecule is COc1ccc(S(=O)(=O)Nc2ccccc2-n2c(C)c[nH]c2=O)cc1C. The maximum absolute atomic E-state index is 12.8. The van der Waals surface area contributed by atoms with E-state index in [4.69, 9.17) is 4.74 Å². The van der Waals surface area contributed by atoms with Gasteiger partial charge in [-0.15, -0.1) is 0 Å². The number of aryl methyl sites for hydroxylation is 2. The number of H-pyrrole nitrogens is 1. The van der Waals surface area contributed by atoms with Crippen molar-refractivity contribution in [2.45, 2.75) is 18.7 Å². The average Bonchev–Trinajstić information content (AvgIpc) is 2.93. The zero-order valence-corrected chi connectivity index (χ0v) is 15.4. The lowest BCUT2D eigenvalue weighted by atomic mass is 10.2. The largest absolute Gasteiger partial charge is 0.496 e. The van der Waals surface area contributed by atoms with Gasteiger partial charge < -0.3 is 9.72 Å². The van der Waals surface area contributed by atoms with E-state index in [2.05, 4.69) is 9.71 Å². The first-order chi connectivity index (χ1) is 12.3. The van der Waals surface area contributed by atoms with E-state index in [1.807, 2.05) is 0 Å². The number of rotatable bonds is 5. The van der Waals surface area contributed by atoms with Crippen LogP contribution >= 0.6 is 0 Å². The highest BCUT2D eigenvalue weighted by molar-refractivity contribution is 7.92. The molecule has 0 radical (unpaired) electrons. The van der Waals surface area contributed by atoms with Gasteiger partial charge in [-0.3, -0.25) is 9.29 Å². The Morgan fingerprint density at radius 3 is 2.46 bits per heavy atom. The van der Waals surface area contributed by atoms with Crippen molar-refractivity contribution in [1.29, 1.82) is 0 Å². The molecule has 0 saturated heterocycles. The van der Waals surface area contributed by atoms with Crippen LogP contribution in [0.5, 0.6) is 5.75 Å². The van der Waals surface area contributed by atoms with Gasteiger partial charge in [0.2, 0.25) is 0 Å². The molecule has 0 aliphatic heterocycles. The standard InChI is InChI=1S/C18H19N3O4S/c1-12-10-14(8-9-17(12)25-3)26(23,24)20-15-6-4-5-7-16(15)21-13(2)11-19-18(21)22/h4-11,20H,1-3H3,(H,19,22). The van der Waals surface area contributed by atoms with E-state index in [0.717, 1.165) is 0 Å². The number of sulfonamides is 1. The highest BCUT2D eigenvalue weighted by Crippen LogP contribution is 2.26. The molecule has 8 heteroatoms. The summed E-state index contributed by atoms with van der Waals surface area (Å²) in [4.78, 5) is 14.8. The molecule has 0 amide bonds. The molecule has 2 N–H and O–H groups in total. The molecule has 7 nitrogen and oxygen atoms in total. The van der Waals surface area contributed by atoms with Crippen LogP contribution in [0.4, 0.5) is 5.69 Å². The van der Waals surface area contributed by atoms with Crippen molar-refractivity contribution in [3.8, 4) is 11.4 Å². The van der Waals surface area contributed by atoms with E-state index >= 15 is 0 Å². The number of hydrogen-bond donors (Lipinski definition) is 2. The number of nitrogens with zero attached hydrogens (tertiary/aromatic N) is 1. The van der Waals surface area contributed by atoms with E-state index in [1.165, 1.54) is 23.8 Å². The van der Waals surface area contributed by atoms with Gasteiger partial charge in [0.25, 0.3) is 10.0 Å². The first-order valence-corrected chi connectivity index (χ1v) is 9.35. The van der Waals surface area contributed by atoms with Crippen LogP contribution in [0.1, 0.15) is 11.3 Å². The Morgan fingerprint density at radius 2 is 1.85 bits per heavy atom. The van der Waals surface area contributed by atoms with Crippen LogP contribution < -0.4 is 15.1 Å². The molecule has 3 rings (SSSR count). The number of anilines is 1. The lowest BCUT2D eigenvalue weighted by Crippen LogP contribution is -2.20. The number of aromatic nitrogens is 2. The summed E-state index contributed by atoms with van der Waals surface area (Å²) in [6.07, 6.45) is 1.57. The second kappa shape index (κ2) is 6.72. The molecule has 0 aliphatic rings. The summed E-state index contributed by atoms with van der Waals surface area (Å²) in [5.41, 5.74) is 1.80. The smallest absolute Gasteiger partial charge is 0.330 e. The number of hydrogen-bond acceptors (Lipinski definition) is 4. The molecule has 1 heterocycles. The van der Waals surface area contributed by atoms with E-state index in [1.54, 1.807) is 50.4 Å². The Kier molecular flexibility index (Phi) is 4.60. The number of para-hydroxylation sites is 2. The normalized spacial score (nSPS) is 11.3. The predicted molar refractivity (Wildman–Crippen MR) is 99.7 cm³/mol. The molecule has 0 aliphatic carbocycles. The van der Waals surface area contributed by atoms with E-state index in [0.29, 0.717) is 28.4 Å². The van der Waals surface area contributed by atoms with Gasteiger partial charge in [-0.25, -0.2) is 13.2 Å². The van der Waals surface area contributed by atoms with Crippen molar-refractivity contribution in [3.05, 3.63) is 70.4 Å². The Hall–Kier alpha value is -3.00. The minimum absolute atomic E-state index is 0.115. The van der Waals surface area contributed by atoms with Gasteiger partial charge in [0, 0.05) is 11.9 Å². The average molecular weight is 373 g/mol. The maximum atomic E-state index is 12.8. The first kappa shape index (κ1) is 17.8. The molecule has 0 bridgehead atoms. The fourth-order valence-electron chi connectivity index (χ4n) is 2.73. The second-order valence-corrected chi connectivity index (χ2v) is 7.51. The highest BCUT2D eigenvalue weighted by Gasteiger charge is 2.18. The van der Waals surface area contributed by atoms with Crippen LogP contribution in [0, 0.1) is 13.8 Å². The molecule has 0 saturated carbocycles. The number of aromatic amines is 1. The molecule has 0 atom stereocenters. The van der Waals surface area contributed by atoms with Crippen molar-refractivity contribution < 1.29 is 13.2 Å². The lowest BCUT2D eigenvalue weighted by Gasteiger charge is -2.14. The summed E-state index contributed by atoms with van der Waals surface area (Å²) in [6.45, 7) is 3.53. The van der Waals surface area contributed by atoms with E-state index in [-0.39, 0.29) is 10.6 Å². The molecule has 2 aromatic carbocycles. The van der Waals surface area contributed by atoms with Crippen LogP contribution in [0.25, 0.3) is 5.69 Å². The molecule has 136 valence electrons. The van der Waals surface area contributed by atoms with Crippen molar-refractivity contribution in [2.75, 3.05) is 11.8 Å². The molecule has 1 aromatic heterocycles. The monoisotopic (exact) mass is 373 g/mol. The Balaban J connectivity index is 2.04. The topological polar surface area (TPSA) is 93.2 Å². The third-order valence-corrected chi connectivity index (χ3v) is 5.39. The Labute approximate surface area is 151 Å². The van der Waals surface area contributed by atoms with Gasteiger partial charge in [-0.2, -0.15) is 0 Å². The first-order valence-electron chi connectivity index (χ1n) is 7.87. The van der Waals surface area contributed by atoms with Gasteiger partial charge in [-0.05, 0) is 49.7 Å². The number of benzene rings is 2. The van der Waals surface area contributed by atoms with Gasteiger partial charge >= 0.3 is 5.69 Å². The van der Waals surface area contributed by atoms with Crippen molar-refractivity contribution in [2.24, 2.45) is 0 Å². The zero-order valence-electron chi connectivity index (χ0n) is 14.6.